The highest BCUT2D eigenvalue weighted by Gasteiger charge is 1.79. The SMILES string of the molecule is O=S([O-])CCCS. The van der Waals surface area contributed by atoms with Crippen LogP contribution in [0.15, 0.2) is 0 Å². The first-order valence-corrected chi connectivity index (χ1v) is 3.81. The Balaban J connectivity index is 2.82. The van der Waals surface area contributed by atoms with E-state index >= 15 is 0 Å². The van der Waals surface area contributed by atoms with Gasteiger partial charge >= 0.3 is 0 Å². The quantitative estimate of drug-likeness (QED) is 0.448. The third-order valence-corrected chi connectivity index (χ3v) is 1.41. The number of hydrogen-bond donors (Lipinski definition) is 1. The molecule has 4 heteroatoms. The second-order valence-electron chi connectivity index (χ2n) is 1.09. The third-order valence-electron chi connectivity index (χ3n) is 0.469. The Kier molecular flexibility index (Phi) is 4.92. The Bertz CT molecular complexity index is 64.0. The monoisotopic (exact) mass is 139 g/mol. The first-order valence-electron chi connectivity index (χ1n) is 1.94. The smallest absolute Gasteiger partial charge is 0.0109 e. The van der Waals surface area contributed by atoms with Crippen LogP contribution in [0.25, 0.3) is 0 Å². The highest BCUT2D eigenvalue weighted by Crippen LogP contribution is 1.84. The van der Waals surface area contributed by atoms with Gasteiger partial charge in [0.15, 0.2) is 0 Å². The fourth-order valence-corrected chi connectivity index (χ4v) is 0.935. The summed E-state index contributed by atoms with van der Waals surface area (Å²) in [6.07, 6.45) is 0.652. The van der Waals surface area contributed by atoms with E-state index in [9.17, 15) is 8.76 Å². The highest BCUT2D eigenvalue weighted by molar-refractivity contribution is 7.80. The molecule has 1 atom stereocenters. The number of rotatable bonds is 3. The Morgan fingerprint density at radius 2 is 2.29 bits per heavy atom. The summed E-state index contributed by atoms with van der Waals surface area (Å²) in [5.41, 5.74) is 0. The molecular weight excluding hydrogens is 132 g/mol. The van der Waals surface area contributed by atoms with Crippen LogP contribution >= 0.6 is 12.6 Å². The molecule has 0 aromatic carbocycles. The van der Waals surface area contributed by atoms with Gasteiger partial charge in [0.1, 0.15) is 0 Å². The molecule has 0 aliphatic carbocycles. The standard InChI is InChI=1S/C3H8O2S2/c4-7(5)3-1-2-6/h6H,1-3H2,(H,4,5)/p-1. The summed E-state index contributed by atoms with van der Waals surface area (Å²) in [6.45, 7) is 0. The summed E-state index contributed by atoms with van der Waals surface area (Å²) in [5.74, 6) is 0.886. The topological polar surface area (TPSA) is 40.1 Å². The first kappa shape index (κ1) is 7.46. The Morgan fingerprint density at radius 1 is 1.71 bits per heavy atom. The van der Waals surface area contributed by atoms with Crippen molar-refractivity contribution in [2.45, 2.75) is 6.42 Å². The molecule has 2 nitrogen and oxygen atoms in total. The van der Waals surface area contributed by atoms with Gasteiger partial charge in [-0.3, -0.25) is 4.21 Å². The van der Waals surface area contributed by atoms with E-state index in [1.54, 1.807) is 0 Å². The molecule has 7 heavy (non-hydrogen) atoms. The molecule has 0 aliphatic rings. The predicted octanol–water partition coefficient (Wildman–Crippen LogP) is 0.185. The van der Waals surface area contributed by atoms with Crippen molar-refractivity contribution in [3.05, 3.63) is 0 Å². The maximum Gasteiger partial charge on any atom is 0.0109 e. The second kappa shape index (κ2) is 4.61. The van der Waals surface area contributed by atoms with E-state index < -0.39 is 11.1 Å². The van der Waals surface area contributed by atoms with Crippen LogP contribution in [0.1, 0.15) is 6.42 Å². The van der Waals surface area contributed by atoms with Crippen LogP contribution in [0.2, 0.25) is 0 Å². The fraction of sp³-hybridized carbons (Fsp3) is 1.00. The van der Waals surface area contributed by atoms with Gasteiger partial charge in [0.25, 0.3) is 0 Å². The van der Waals surface area contributed by atoms with Crippen molar-refractivity contribution in [1.29, 1.82) is 0 Å². The van der Waals surface area contributed by atoms with Crippen molar-refractivity contribution in [3.8, 4) is 0 Å². The Hall–Kier alpha value is 0.460. The lowest BCUT2D eigenvalue weighted by molar-refractivity contribution is 0.536. The first-order chi connectivity index (χ1) is 3.27. The van der Waals surface area contributed by atoms with Gasteiger partial charge in [-0.2, -0.15) is 12.6 Å². The molecule has 0 fully saturated rings. The highest BCUT2D eigenvalue weighted by atomic mass is 32.2. The summed E-state index contributed by atoms with van der Waals surface area (Å²) < 4.78 is 19.4. The summed E-state index contributed by atoms with van der Waals surface area (Å²) in [5, 5.41) is 0. The average Bonchev–Trinajstić information content (AvgIpc) is 1.61. The molecule has 0 bridgehead atoms. The van der Waals surface area contributed by atoms with Gasteiger partial charge in [0, 0.05) is 5.75 Å². The zero-order chi connectivity index (χ0) is 5.70. The minimum absolute atomic E-state index is 0.240. The van der Waals surface area contributed by atoms with Gasteiger partial charge in [0.05, 0.1) is 0 Å². The molecule has 0 saturated heterocycles. The van der Waals surface area contributed by atoms with Crippen molar-refractivity contribution in [2.75, 3.05) is 11.5 Å². The summed E-state index contributed by atoms with van der Waals surface area (Å²) in [7, 11) is 0. The normalized spacial score (nSPS) is 14.0. The lowest BCUT2D eigenvalue weighted by atomic mass is 10.6. The maximum atomic E-state index is 9.72. The van der Waals surface area contributed by atoms with Crippen LogP contribution < -0.4 is 0 Å². The minimum Gasteiger partial charge on any atom is -0.772 e. The van der Waals surface area contributed by atoms with E-state index in [0.29, 0.717) is 12.2 Å². The van der Waals surface area contributed by atoms with E-state index in [4.69, 9.17) is 0 Å². The largest absolute Gasteiger partial charge is 0.772 e. The predicted molar refractivity (Wildman–Crippen MR) is 32.3 cm³/mol. The average molecular weight is 139 g/mol. The molecule has 0 aromatic heterocycles. The molecule has 0 rings (SSSR count). The molecule has 0 radical (unpaired) electrons. The molecule has 0 aromatic rings. The van der Waals surface area contributed by atoms with Gasteiger partial charge in [-0.15, -0.1) is 0 Å². The number of hydrogen-bond acceptors (Lipinski definition) is 3. The minimum atomic E-state index is -1.86. The van der Waals surface area contributed by atoms with E-state index in [1.165, 1.54) is 0 Å². The van der Waals surface area contributed by atoms with Crippen molar-refractivity contribution in [2.24, 2.45) is 0 Å². The molecule has 44 valence electrons. The summed E-state index contributed by atoms with van der Waals surface area (Å²) in [4.78, 5) is 0. The van der Waals surface area contributed by atoms with E-state index in [2.05, 4.69) is 12.6 Å². The maximum absolute atomic E-state index is 9.72. The van der Waals surface area contributed by atoms with Gasteiger partial charge in [-0.25, -0.2) is 0 Å². The van der Waals surface area contributed by atoms with E-state index in [0.717, 1.165) is 0 Å². The summed E-state index contributed by atoms with van der Waals surface area (Å²) in [6, 6.07) is 0. The lowest BCUT2D eigenvalue weighted by Gasteiger charge is -1.99. The van der Waals surface area contributed by atoms with Gasteiger partial charge in [-0.1, -0.05) is 11.1 Å². The molecular formula is C3H7O2S2-. The Labute approximate surface area is 51.0 Å². The number of thiol groups is 1. The van der Waals surface area contributed by atoms with Crippen molar-refractivity contribution in [1.82, 2.24) is 0 Å². The van der Waals surface area contributed by atoms with Crippen LogP contribution in [0, 0.1) is 0 Å². The molecule has 1 unspecified atom stereocenters. The molecule has 0 amide bonds. The molecule has 0 saturated carbocycles. The second-order valence-corrected chi connectivity index (χ2v) is 2.55. The van der Waals surface area contributed by atoms with Crippen molar-refractivity contribution < 1.29 is 8.76 Å². The van der Waals surface area contributed by atoms with Crippen LogP contribution in [0.5, 0.6) is 0 Å². The van der Waals surface area contributed by atoms with Gasteiger partial charge in [-0.05, 0) is 12.2 Å². The van der Waals surface area contributed by atoms with E-state index in [1.807, 2.05) is 0 Å². The van der Waals surface area contributed by atoms with Crippen LogP contribution in [-0.4, -0.2) is 20.3 Å². The molecule has 0 aliphatic heterocycles. The summed E-state index contributed by atoms with van der Waals surface area (Å²) >= 11 is 1.96. The van der Waals surface area contributed by atoms with Crippen LogP contribution in [0.4, 0.5) is 0 Å². The molecule has 0 heterocycles. The zero-order valence-electron chi connectivity index (χ0n) is 3.79. The third kappa shape index (κ3) is 6.46. The van der Waals surface area contributed by atoms with E-state index in [-0.39, 0.29) is 5.75 Å². The Morgan fingerprint density at radius 3 is 2.43 bits per heavy atom. The lowest BCUT2D eigenvalue weighted by Crippen LogP contribution is -1.94. The molecule has 0 N–H and O–H groups in total. The zero-order valence-corrected chi connectivity index (χ0v) is 5.50. The molecule has 0 spiro atoms. The fourth-order valence-electron chi connectivity index (χ4n) is 0.182. The van der Waals surface area contributed by atoms with Crippen LogP contribution in [-0.2, 0) is 11.1 Å². The van der Waals surface area contributed by atoms with Gasteiger partial charge in [0.2, 0.25) is 0 Å². The van der Waals surface area contributed by atoms with Crippen LogP contribution in [0.3, 0.4) is 0 Å². The van der Waals surface area contributed by atoms with Crippen molar-refractivity contribution >= 4 is 23.7 Å². The van der Waals surface area contributed by atoms with Crippen molar-refractivity contribution in [3.63, 3.8) is 0 Å². The van der Waals surface area contributed by atoms with Gasteiger partial charge < -0.3 is 4.55 Å².